The molecule has 0 atom stereocenters. The van der Waals surface area contributed by atoms with Crippen LogP contribution in [0.2, 0.25) is 5.02 Å². The van der Waals surface area contributed by atoms with Crippen LogP contribution in [0.3, 0.4) is 0 Å². The summed E-state index contributed by atoms with van der Waals surface area (Å²) in [5.41, 5.74) is 2.95. The number of hydrogen-bond acceptors (Lipinski definition) is 4. The molecule has 0 saturated heterocycles. The van der Waals surface area contributed by atoms with Crippen molar-refractivity contribution < 1.29 is 4.79 Å². The Bertz CT molecular complexity index is 839. The Morgan fingerprint density at radius 2 is 2.23 bits per heavy atom. The van der Waals surface area contributed by atoms with E-state index >= 15 is 0 Å². The van der Waals surface area contributed by atoms with Crippen molar-refractivity contribution >= 4 is 44.2 Å². The third-order valence-corrected chi connectivity index (χ3v) is 4.69. The molecular weight excluding hydrogens is 320 g/mol. The first kappa shape index (κ1) is 15.0. The molecule has 0 spiro atoms. The Labute approximate surface area is 136 Å². The number of hydrogen-bond donors (Lipinski definition) is 1. The van der Waals surface area contributed by atoms with Gasteiger partial charge < -0.3 is 5.32 Å². The Balaban J connectivity index is 1.64. The fourth-order valence-electron chi connectivity index (χ4n) is 2.12. The monoisotopic (exact) mass is 334 g/mol. The molecule has 7 heteroatoms. The molecule has 2 heterocycles. The molecule has 1 aromatic carbocycles. The van der Waals surface area contributed by atoms with Crippen LogP contribution in [0.15, 0.2) is 24.4 Å². The summed E-state index contributed by atoms with van der Waals surface area (Å²) in [4.78, 5) is 16.4. The highest BCUT2D eigenvalue weighted by molar-refractivity contribution is 7.22. The second-order valence-electron chi connectivity index (χ2n) is 5.09. The van der Waals surface area contributed by atoms with Crippen LogP contribution in [-0.2, 0) is 11.3 Å². The summed E-state index contributed by atoms with van der Waals surface area (Å²) in [5, 5.41) is 8.21. The quantitative estimate of drug-likeness (QED) is 0.789. The second kappa shape index (κ2) is 6.06. The average molecular weight is 335 g/mol. The highest BCUT2D eigenvalue weighted by Gasteiger charge is 2.10. The first-order valence-corrected chi connectivity index (χ1v) is 8.07. The number of rotatable bonds is 4. The average Bonchev–Trinajstić information content (AvgIpc) is 3.01. The summed E-state index contributed by atoms with van der Waals surface area (Å²) >= 11 is 7.42. The number of benzene rings is 1. The van der Waals surface area contributed by atoms with Gasteiger partial charge in [0.2, 0.25) is 5.91 Å². The van der Waals surface area contributed by atoms with Gasteiger partial charge in [0.25, 0.3) is 0 Å². The fraction of sp³-hybridized carbons (Fsp3) is 0.267. The van der Waals surface area contributed by atoms with E-state index in [2.05, 4.69) is 21.5 Å². The molecule has 1 amide bonds. The van der Waals surface area contributed by atoms with Crippen LogP contribution in [0.1, 0.15) is 17.7 Å². The van der Waals surface area contributed by atoms with Gasteiger partial charge >= 0.3 is 0 Å². The third kappa shape index (κ3) is 3.13. The van der Waals surface area contributed by atoms with Crippen molar-refractivity contribution in [3.05, 3.63) is 40.7 Å². The van der Waals surface area contributed by atoms with Crippen LogP contribution in [0.25, 0.3) is 10.2 Å². The van der Waals surface area contributed by atoms with E-state index in [1.807, 2.05) is 26.0 Å². The van der Waals surface area contributed by atoms with Crippen LogP contribution in [0, 0.1) is 13.8 Å². The minimum absolute atomic E-state index is 0.0817. The van der Waals surface area contributed by atoms with Gasteiger partial charge in [-0.25, -0.2) is 4.98 Å². The van der Waals surface area contributed by atoms with Crippen LogP contribution < -0.4 is 5.32 Å². The molecule has 22 heavy (non-hydrogen) atoms. The number of amides is 1. The van der Waals surface area contributed by atoms with E-state index < -0.39 is 0 Å². The van der Waals surface area contributed by atoms with Crippen molar-refractivity contribution in [3.8, 4) is 0 Å². The molecule has 0 bridgehead atoms. The molecule has 2 aromatic heterocycles. The largest absolute Gasteiger partial charge is 0.302 e. The number of carbonyl (C=O) groups excluding carboxylic acids is 1. The molecule has 3 aromatic rings. The molecule has 0 aliphatic carbocycles. The molecule has 0 saturated carbocycles. The lowest BCUT2D eigenvalue weighted by Gasteiger charge is -2.04. The van der Waals surface area contributed by atoms with Gasteiger partial charge in [-0.2, -0.15) is 5.10 Å². The van der Waals surface area contributed by atoms with Gasteiger partial charge in [-0.3, -0.25) is 9.48 Å². The van der Waals surface area contributed by atoms with Crippen LogP contribution in [0.4, 0.5) is 5.13 Å². The van der Waals surface area contributed by atoms with E-state index in [0.717, 1.165) is 15.9 Å². The van der Waals surface area contributed by atoms with Crippen LogP contribution in [0.5, 0.6) is 0 Å². The first-order chi connectivity index (χ1) is 10.5. The molecule has 0 unspecified atom stereocenters. The predicted molar refractivity (Wildman–Crippen MR) is 89.6 cm³/mol. The maximum Gasteiger partial charge on any atom is 0.228 e. The number of nitrogens with zero attached hydrogens (tertiary/aromatic N) is 3. The first-order valence-electron chi connectivity index (χ1n) is 6.88. The van der Waals surface area contributed by atoms with E-state index in [0.29, 0.717) is 23.1 Å². The van der Waals surface area contributed by atoms with Gasteiger partial charge in [0.05, 0.1) is 33.7 Å². The summed E-state index contributed by atoms with van der Waals surface area (Å²) in [6.07, 6.45) is 1.92. The minimum atomic E-state index is -0.0817. The van der Waals surface area contributed by atoms with Crippen LogP contribution in [-0.4, -0.2) is 20.7 Å². The molecule has 0 fully saturated rings. The number of aromatic nitrogens is 3. The third-order valence-electron chi connectivity index (χ3n) is 3.38. The smallest absolute Gasteiger partial charge is 0.228 e. The predicted octanol–water partition coefficient (Wildman–Crippen LogP) is 3.79. The Morgan fingerprint density at radius 1 is 1.41 bits per heavy atom. The summed E-state index contributed by atoms with van der Waals surface area (Å²) < 4.78 is 2.80. The van der Waals surface area contributed by atoms with E-state index in [1.54, 1.807) is 10.9 Å². The summed E-state index contributed by atoms with van der Waals surface area (Å²) in [5.74, 6) is -0.0817. The van der Waals surface area contributed by atoms with Gasteiger partial charge in [-0.05, 0) is 31.5 Å². The number of aryl methyl sites for hydroxylation is 2. The van der Waals surface area contributed by atoms with E-state index in [-0.39, 0.29) is 5.91 Å². The molecule has 0 aliphatic rings. The van der Waals surface area contributed by atoms with Gasteiger partial charge in [-0.1, -0.05) is 29.0 Å². The Hall–Kier alpha value is -1.92. The lowest BCUT2D eigenvalue weighted by molar-refractivity contribution is -0.116. The summed E-state index contributed by atoms with van der Waals surface area (Å²) in [7, 11) is 0. The number of fused-ring (bicyclic) bond motifs is 1. The van der Waals surface area contributed by atoms with Gasteiger partial charge in [0, 0.05) is 6.42 Å². The highest BCUT2D eigenvalue weighted by Crippen LogP contribution is 2.26. The Morgan fingerprint density at radius 3 is 2.95 bits per heavy atom. The minimum Gasteiger partial charge on any atom is -0.302 e. The van der Waals surface area contributed by atoms with Gasteiger partial charge in [-0.15, -0.1) is 0 Å². The Kier molecular flexibility index (Phi) is 4.13. The number of halogens is 1. The molecule has 0 aliphatic heterocycles. The van der Waals surface area contributed by atoms with E-state index in [9.17, 15) is 4.79 Å². The maximum absolute atomic E-state index is 12.0. The van der Waals surface area contributed by atoms with Gasteiger partial charge in [0.15, 0.2) is 5.13 Å². The normalized spacial score (nSPS) is 11.0. The topological polar surface area (TPSA) is 59.8 Å². The molecule has 5 nitrogen and oxygen atoms in total. The van der Waals surface area contributed by atoms with Crippen molar-refractivity contribution in [2.24, 2.45) is 0 Å². The van der Waals surface area contributed by atoms with Crippen molar-refractivity contribution in [2.75, 3.05) is 5.32 Å². The molecule has 0 radical (unpaired) electrons. The number of anilines is 1. The second-order valence-corrected chi connectivity index (χ2v) is 6.53. The van der Waals surface area contributed by atoms with Crippen molar-refractivity contribution in [1.82, 2.24) is 14.8 Å². The van der Waals surface area contributed by atoms with E-state index in [4.69, 9.17) is 11.6 Å². The lowest BCUT2D eigenvalue weighted by Crippen LogP contribution is -2.15. The fourth-order valence-corrected chi connectivity index (χ4v) is 3.25. The standard InChI is InChI=1S/C15H15ClN4OS/c1-9-3-4-12-13(7-9)22-15(18-12)19-14(21)5-6-20-10(2)11(16)8-17-20/h3-4,7-8H,5-6H2,1-2H3,(H,18,19,21). The van der Waals surface area contributed by atoms with Crippen molar-refractivity contribution in [3.63, 3.8) is 0 Å². The number of nitrogens with one attached hydrogen (secondary N) is 1. The zero-order chi connectivity index (χ0) is 15.7. The molecule has 3 rings (SSSR count). The maximum atomic E-state index is 12.0. The number of thiazole rings is 1. The zero-order valence-electron chi connectivity index (χ0n) is 12.3. The summed E-state index contributed by atoms with van der Waals surface area (Å²) in [6, 6.07) is 6.04. The highest BCUT2D eigenvalue weighted by atomic mass is 35.5. The summed E-state index contributed by atoms with van der Waals surface area (Å²) in [6.45, 7) is 4.41. The molecule has 114 valence electrons. The van der Waals surface area contributed by atoms with Crippen molar-refractivity contribution in [2.45, 2.75) is 26.8 Å². The molecule has 1 N–H and O–H groups in total. The zero-order valence-corrected chi connectivity index (χ0v) is 13.8. The van der Waals surface area contributed by atoms with Gasteiger partial charge in [0.1, 0.15) is 0 Å². The van der Waals surface area contributed by atoms with Crippen molar-refractivity contribution in [1.29, 1.82) is 0 Å². The SMILES string of the molecule is Cc1ccc2nc(NC(=O)CCn3ncc(Cl)c3C)sc2c1. The number of carbonyl (C=O) groups is 1. The van der Waals surface area contributed by atoms with Crippen LogP contribution >= 0.6 is 22.9 Å². The molecular formula is C15H15ClN4OS. The van der Waals surface area contributed by atoms with E-state index in [1.165, 1.54) is 16.9 Å². The lowest BCUT2D eigenvalue weighted by atomic mass is 10.2.